The summed E-state index contributed by atoms with van der Waals surface area (Å²) in [5, 5.41) is 3.59. The first kappa shape index (κ1) is 15.1. The van der Waals surface area contributed by atoms with E-state index in [1.54, 1.807) is 37.3 Å². The van der Waals surface area contributed by atoms with Crippen LogP contribution in [0.5, 0.6) is 0 Å². The molecule has 0 amide bonds. The summed E-state index contributed by atoms with van der Waals surface area (Å²) >= 11 is 5.19. The number of nitrogens with zero attached hydrogens (tertiary/aromatic N) is 2. The van der Waals surface area contributed by atoms with Crippen LogP contribution >= 0.6 is 12.2 Å². The second-order valence-corrected chi connectivity index (χ2v) is 5.30. The third-order valence-electron chi connectivity index (χ3n) is 3.26. The van der Waals surface area contributed by atoms with Crippen LogP contribution in [-0.2, 0) is 0 Å². The molecule has 2 aromatic carbocycles. The molecule has 0 atom stereocenters. The van der Waals surface area contributed by atoms with Crippen LogP contribution in [0.2, 0.25) is 0 Å². The zero-order chi connectivity index (χ0) is 16.4. The molecule has 0 aliphatic rings. The third kappa shape index (κ3) is 3.19. The standard InChI is InChI=1S/C16H13FN4OS/c1-10-18-14-5-3-2-4-13(14)15(22)21(10)20-16(23)19-12-8-6-11(17)7-9-12/h2-9H,1H3,(H2,19,20,23). The number of nitrogens with one attached hydrogen (secondary N) is 2. The monoisotopic (exact) mass is 328 g/mol. The van der Waals surface area contributed by atoms with E-state index in [4.69, 9.17) is 12.2 Å². The van der Waals surface area contributed by atoms with Gasteiger partial charge in [0, 0.05) is 5.69 Å². The molecule has 0 saturated heterocycles. The molecule has 0 radical (unpaired) electrons. The van der Waals surface area contributed by atoms with Crippen molar-refractivity contribution >= 4 is 33.9 Å². The average molecular weight is 328 g/mol. The van der Waals surface area contributed by atoms with Crippen molar-refractivity contribution in [3.05, 3.63) is 70.5 Å². The van der Waals surface area contributed by atoms with Gasteiger partial charge in [-0.05, 0) is 55.5 Å². The van der Waals surface area contributed by atoms with Crippen molar-refractivity contribution in [2.24, 2.45) is 0 Å². The molecule has 7 heteroatoms. The number of para-hydroxylation sites is 1. The Bertz CT molecular complexity index is 937. The summed E-state index contributed by atoms with van der Waals surface area (Å²) in [4.78, 5) is 16.9. The number of rotatable bonds is 2. The molecule has 2 N–H and O–H groups in total. The first-order chi connectivity index (χ1) is 11.0. The SMILES string of the molecule is Cc1nc2ccccc2c(=O)n1NC(=S)Nc1ccc(F)cc1. The number of aryl methyl sites for hydroxylation is 1. The number of aromatic nitrogens is 2. The minimum absolute atomic E-state index is 0.207. The molecule has 3 aromatic rings. The number of thiocarbonyl (C=S) groups is 1. The van der Waals surface area contributed by atoms with Crippen LogP contribution in [0.4, 0.5) is 10.1 Å². The highest BCUT2D eigenvalue weighted by molar-refractivity contribution is 7.80. The Labute approximate surface area is 136 Å². The first-order valence-corrected chi connectivity index (χ1v) is 7.27. The third-order valence-corrected chi connectivity index (χ3v) is 3.45. The van der Waals surface area contributed by atoms with Crippen molar-refractivity contribution in [3.63, 3.8) is 0 Å². The summed E-state index contributed by atoms with van der Waals surface area (Å²) in [5.41, 5.74) is 3.81. The van der Waals surface area contributed by atoms with E-state index in [-0.39, 0.29) is 16.5 Å². The summed E-state index contributed by atoms with van der Waals surface area (Å²) in [5.74, 6) is 0.150. The molecule has 1 aromatic heterocycles. The van der Waals surface area contributed by atoms with Crippen LogP contribution in [0, 0.1) is 12.7 Å². The van der Waals surface area contributed by atoms with Gasteiger partial charge in [-0.15, -0.1) is 0 Å². The molecule has 1 heterocycles. The van der Waals surface area contributed by atoms with E-state index in [1.165, 1.54) is 16.8 Å². The molecule has 0 bridgehead atoms. The van der Waals surface area contributed by atoms with Crippen molar-refractivity contribution in [3.8, 4) is 0 Å². The summed E-state index contributed by atoms with van der Waals surface area (Å²) in [7, 11) is 0. The predicted molar refractivity (Wildman–Crippen MR) is 92.7 cm³/mol. The first-order valence-electron chi connectivity index (χ1n) is 6.86. The maximum atomic E-state index is 12.9. The van der Waals surface area contributed by atoms with Gasteiger partial charge in [0.2, 0.25) is 0 Å². The predicted octanol–water partition coefficient (Wildman–Crippen LogP) is 2.78. The fourth-order valence-corrected chi connectivity index (χ4v) is 2.38. The normalized spacial score (nSPS) is 10.5. The number of benzene rings is 2. The summed E-state index contributed by atoms with van der Waals surface area (Å²) < 4.78 is 14.2. The number of fused-ring (bicyclic) bond motifs is 1. The van der Waals surface area contributed by atoms with Gasteiger partial charge in [-0.2, -0.15) is 0 Å². The van der Waals surface area contributed by atoms with Crippen molar-refractivity contribution in [1.82, 2.24) is 9.66 Å². The molecule has 3 rings (SSSR count). The van der Waals surface area contributed by atoms with Crippen LogP contribution < -0.4 is 16.3 Å². The van der Waals surface area contributed by atoms with Crippen LogP contribution in [0.25, 0.3) is 10.9 Å². The highest BCUT2D eigenvalue weighted by atomic mass is 32.1. The maximum absolute atomic E-state index is 12.9. The van der Waals surface area contributed by atoms with Gasteiger partial charge >= 0.3 is 0 Å². The van der Waals surface area contributed by atoms with Gasteiger partial charge in [0.25, 0.3) is 5.56 Å². The molecular formula is C16H13FN4OS. The van der Waals surface area contributed by atoms with Gasteiger partial charge in [-0.3, -0.25) is 10.2 Å². The molecule has 5 nitrogen and oxygen atoms in total. The minimum Gasteiger partial charge on any atom is -0.331 e. The van der Waals surface area contributed by atoms with E-state index >= 15 is 0 Å². The summed E-state index contributed by atoms with van der Waals surface area (Å²) in [6, 6.07) is 12.8. The van der Waals surface area contributed by atoms with Crippen molar-refractivity contribution < 1.29 is 4.39 Å². The van der Waals surface area contributed by atoms with Gasteiger partial charge in [0.15, 0.2) is 5.11 Å². The van der Waals surface area contributed by atoms with E-state index < -0.39 is 0 Å². The van der Waals surface area contributed by atoms with Crippen LogP contribution in [-0.4, -0.2) is 14.8 Å². The number of halogens is 1. The highest BCUT2D eigenvalue weighted by Crippen LogP contribution is 2.09. The lowest BCUT2D eigenvalue weighted by Crippen LogP contribution is -2.37. The number of hydrogen-bond donors (Lipinski definition) is 2. The van der Waals surface area contributed by atoms with Gasteiger partial charge in [-0.1, -0.05) is 12.1 Å². The lowest BCUT2D eigenvalue weighted by atomic mass is 10.2. The van der Waals surface area contributed by atoms with Crippen molar-refractivity contribution in [2.75, 3.05) is 10.7 Å². The lowest BCUT2D eigenvalue weighted by molar-refractivity contribution is 0.628. The zero-order valence-corrected chi connectivity index (χ0v) is 13.0. The lowest BCUT2D eigenvalue weighted by Gasteiger charge is -2.15. The minimum atomic E-state index is -0.333. The van der Waals surface area contributed by atoms with Crippen molar-refractivity contribution in [1.29, 1.82) is 0 Å². The van der Waals surface area contributed by atoms with Gasteiger partial charge in [-0.25, -0.2) is 14.1 Å². The van der Waals surface area contributed by atoms with E-state index in [0.29, 0.717) is 22.4 Å². The molecule has 0 fully saturated rings. The Kier molecular flexibility index (Phi) is 4.03. The Hall–Kier alpha value is -2.80. The molecule has 0 saturated carbocycles. The highest BCUT2D eigenvalue weighted by Gasteiger charge is 2.09. The Morgan fingerprint density at radius 1 is 1.17 bits per heavy atom. The Morgan fingerprint density at radius 3 is 2.61 bits per heavy atom. The summed E-state index contributed by atoms with van der Waals surface area (Å²) in [6.07, 6.45) is 0. The second kappa shape index (κ2) is 6.13. The molecule has 0 unspecified atom stereocenters. The van der Waals surface area contributed by atoms with E-state index in [2.05, 4.69) is 15.7 Å². The van der Waals surface area contributed by atoms with Crippen LogP contribution in [0.3, 0.4) is 0 Å². The Balaban J connectivity index is 1.87. The van der Waals surface area contributed by atoms with E-state index in [9.17, 15) is 9.18 Å². The fourth-order valence-electron chi connectivity index (χ4n) is 2.17. The average Bonchev–Trinajstić information content (AvgIpc) is 2.54. The smallest absolute Gasteiger partial charge is 0.280 e. The fraction of sp³-hybridized carbons (Fsp3) is 0.0625. The van der Waals surface area contributed by atoms with E-state index in [1.807, 2.05) is 6.07 Å². The number of anilines is 1. The van der Waals surface area contributed by atoms with Crippen LogP contribution in [0.15, 0.2) is 53.3 Å². The van der Waals surface area contributed by atoms with Crippen LogP contribution in [0.1, 0.15) is 5.82 Å². The van der Waals surface area contributed by atoms with E-state index in [0.717, 1.165) is 0 Å². The maximum Gasteiger partial charge on any atom is 0.280 e. The largest absolute Gasteiger partial charge is 0.331 e. The zero-order valence-electron chi connectivity index (χ0n) is 12.2. The molecule has 0 spiro atoms. The molecule has 0 aliphatic carbocycles. The molecular weight excluding hydrogens is 315 g/mol. The molecule has 23 heavy (non-hydrogen) atoms. The molecule has 116 valence electrons. The van der Waals surface area contributed by atoms with Gasteiger partial charge in [0.1, 0.15) is 11.6 Å². The van der Waals surface area contributed by atoms with Crippen molar-refractivity contribution in [2.45, 2.75) is 6.92 Å². The quantitative estimate of drug-likeness (QED) is 0.709. The van der Waals surface area contributed by atoms with Gasteiger partial charge < -0.3 is 5.32 Å². The number of hydrogen-bond acceptors (Lipinski definition) is 3. The second-order valence-electron chi connectivity index (χ2n) is 4.89. The molecule has 0 aliphatic heterocycles. The van der Waals surface area contributed by atoms with Gasteiger partial charge in [0.05, 0.1) is 10.9 Å². The topological polar surface area (TPSA) is 59.0 Å². The summed E-state index contributed by atoms with van der Waals surface area (Å²) in [6.45, 7) is 1.71. The Morgan fingerprint density at radius 2 is 1.87 bits per heavy atom.